The summed E-state index contributed by atoms with van der Waals surface area (Å²) in [6.07, 6.45) is 1.90. The van der Waals surface area contributed by atoms with Crippen LogP contribution in [0.15, 0.2) is 41.4 Å². The third kappa shape index (κ3) is 4.95. The number of ether oxygens (including phenoxy) is 2. The van der Waals surface area contributed by atoms with Gasteiger partial charge >= 0.3 is 0 Å². The standard InChI is InChI=1S/C19H21ClFN3O2.HI/c1-25-16-6-4-13(10-17(16)26-2)24-18(22)23-11-19(7-8-19)14-5-3-12(21)9-15(14)20;/h3-6,9-10H,7-8,11H2,1-2H3,(H3,22,23,24);1H. The first kappa shape index (κ1) is 21.6. The summed E-state index contributed by atoms with van der Waals surface area (Å²) >= 11 is 6.20. The van der Waals surface area contributed by atoms with Gasteiger partial charge in [-0.3, -0.25) is 4.99 Å². The van der Waals surface area contributed by atoms with Gasteiger partial charge in [0.1, 0.15) is 5.82 Å². The monoisotopic (exact) mass is 505 g/mol. The van der Waals surface area contributed by atoms with Crippen LogP contribution in [0.4, 0.5) is 10.1 Å². The fourth-order valence-electron chi connectivity index (χ4n) is 2.92. The van der Waals surface area contributed by atoms with E-state index in [0.717, 1.165) is 24.1 Å². The van der Waals surface area contributed by atoms with E-state index in [0.29, 0.717) is 29.0 Å². The summed E-state index contributed by atoms with van der Waals surface area (Å²) in [5, 5.41) is 3.48. The number of nitrogens with two attached hydrogens (primary N) is 1. The molecule has 27 heavy (non-hydrogen) atoms. The number of rotatable bonds is 6. The zero-order chi connectivity index (χ0) is 18.7. The lowest BCUT2D eigenvalue weighted by Gasteiger charge is -2.16. The molecular weight excluding hydrogens is 484 g/mol. The molecule has 0 spiro atoms. The minimum atomic E-state index is -0.340. The molecule has 0 unspecified atom stereocenters. The fourth-order valence-corrected chi connectivity index (χ4v) is 3.29. The molecule has 146 valence electrons. The molecule has 0 amide bonds. The quantitative estimate of drug-likeness (QED) is 0.343. The van der Waals surface area contributed by atoms with E-state index in [2.05, 4.69) is 10.3 Å². The predicted octanol–water partition coefficient (Wildman–Crippen LogP) is 4.57. The summed E-state index contributed by atoms with van der Waals surface area (Å²) in [7, 11) is 3.15. The van der Waals surface area contributed by atoms with Crippen molar-refractivity contribution in [1.82, 2.24) is 0 Å². The number of nitrogens with one attached hydrogen (secondary N) is 1. The maximum Gasteiger partial charge on any atom is 0.193 e. The minimum absolute atomic E-state index is 0. The highest BCUT2D eigenvalue weighted by Gasteiger charge is 2.45. The minimum Gasteiger partial charge on any atom is -0.493 e. The van der Waals surface area contributed by atoms with Gasteiger partial charge in [-0.2, -0.15) is 0 Å². The Morgan fingerprint density at radius 1 is 1.19 bits per heavy atom. The second kappa shape index (κ2) is 8.97. The first-order chi connectivity index (χ1) is 12.5. The molecule has 1 saturated carbocycles. The summed E-state index contributed by atoms with van der Waals surface area (Å²) in [5.74, 6) is 1.19. The highest BCUT2D eigenvalue weighted by atomic mass is 127. The lowest BCUT2D eigenvalue weighted by atomic mass is 9.96. The van der Waals surface area contributed by atoms with Crippen molar-refractivity contribution in [2.24, 2.45) is 10.7 Å². The first-order valence-corrected chi connectivity index (χ1v) is 8.60. The molecule has 0 atom stereocenters. The highest BCUT2D eigenvalue weighted by Crippen LogP contribution is 2.50. The van der Waals surface area contributed by atoms with Gasteiger partial charge in [0.05, 0.1) is 20.8 Å². The van der Waals surface area contributed by atoms with E-state index in [1.165, 1.54) is 12.1 Å². The lowest BCUT2D eigenvalue weighted by Crippen LogP contribution is -2.25. The summed E-state index contributed by atoms with van der Waals surface area (Å²) in [5.41, 5.74) is 7.52. The molecule has 0 bridgehead atoms. The van der Waals surface area contributed by atoms with E-state index in [9.17, 15) is 4.39 Å². The summed E-state index contributed by atoms with van der Waals surface area (Å²) < 4.78 is 23.8. The molecule has 0 radical (unpaired) electrons. The van der Waals surface area contributed by atoms with Crippen LogP contribution in [-0.2, 0) is 5.41 Å². The van der Waals surface area contributed by atoms with E-state index < -0.39 is 0 Å². The Morgan fingerprint density at radius 3 is 2.48 bits per heavy atom. The van der Waals surface area contributed by atoms with Gasteiger partial charge in [0, 0.05) is 22.2 Å². The molecule has 0 aliphatic heterocycles. The Morgan fingerprint density at radius 2 is 1.89 bits per heavy atom. The summed E-state index contributed by atoms with van der Waals surface area (Å²) in [6.45, 7) is 0.491. The van der Waals surface area contributed by atoms with Gasteiger partial charge in [-0.15, -0.1) is 24.0 Å². The normalized spacial score (nSPS) is 14.9. The van der Waals surface area contributed by atoms with Gasteiger partial charge in [0.15, 0.2) is 17.5 Å². The second-order valence-corrected chi connectivity index (χ2v) is 6.71. The molecule has 1 fully saturated rings. The molecule has 3 rings (SSSR count). The van der Waals surface area contributed by atoms with E-state index in [1.54, 1.807) is 32.4 Å². The molecule has 5 nitrogen and oxygen atoms in total. The van der Waals surface area contributed by atoms with Crippen LogP contribution in [0, 0.1) is 5.82 Å². The van der Waals surface area contributed by atoms with E-state index in [1.807, 2.05) is 6.07 Å². The molecular formula is C19H22ClFIN3O2. The molecule has 0 saturated heterocycles. The Labute approximate surface area is 180 Å². The van der Waals surface area contributed by atoms with Crippen molar-refractivity contribution < 1.29 is 13.9 Å². The second-order valence-electron chi connectivity index (χ2n) is 6.30. The molecule has 2 aromatic rings. The third-order valence-electron chi connectivity index (χ3n) is 4.56. The predicted molar refractivity (Wildman–Crippen MR) is 117 cm³/mol. The smallest absolute Gasteiger partial charge is 0.193 e. The molecule has 1 aliphatic rings. The number of hydrogen-bond donors (Lipinski definition) is 2. The number of nitrogens with zero attached hydrogens (tertiary/aromatic N) is 1. The molecule has 3 N–H and O–H groups in total. The lowest BCUT2D eigenvalue weighted by molar-refractivity contribution is 0.355. The fraction of sp³-hybridized carbons (Fsp3) is 0.316. The van der Waals surface area contributed by atoms with E-state index >= 15 is 0 Å². The number of guanidine groups is 1. The van der Waals surface area contributed by atoms with Crippen LogP contribution in [0.25, 0.3) is 0 Å². The van der Waals surface area contributed by atoms with E-state index in [4.69, 9.17) is 26.8 Å². The Balaban J connectivity index is 0.00000261. The maximum absolute atomic E-state index is 13.3. The van der Waals surface area contributed by atoms with Crippen LogP contribution in [0.1, 0.15) is 18.4 Å². The zero-order valence-corrected chi connectivity index (χ0v) is 18.2. The number of anilines is 1. The van der Waals surface area contributed by atoms with Crippen LogP contribution in [-0.4, -0.2) is 26.7 Å². The average molecular weight is 506 g/mol. The number of benzene rings is 2. The van der Waals surface area contributed by atoms with Crippen molar-refractivity contribution in [2.45, 2.75) is 18.3 Å². The largest absolute Gasteiger partial charge is 0.493 e. The Hall–Kier alpha value is -1.74. The summed E-state index contributed by atoms with van der Waals surface area (Å²) in [6, 6.07) is 9.90. The number of hydrogen-bond acceptors (Lipinski definition) is 3. The molecule has 0 aromatic heterocycles. The molecule has 2 aromatic carbocycles. The van der Waals surface area contributed by atoms with Gasteiger partial charge in [-0.1, -0.05) is 17.7 Å². The van der Waals surface area contributed by atoms with Crippen molar-refractivity contribution in [3.8, 4) is 11.5 Å². The van der Waals surface area contributed by atoms with Crippen molar-refractivity contribution in [1.29, 1.82) is 0 Å². The topological polar surface area (TPSA) is 68.9 Å². The number of halogens is 3. The van der Waals surface area contributed by atoms with Crippen molar-refractivity contribution in [2.75, 3.05) is 26.1 Å². The van der Waals surface area contributed by atoms with Gasteiger partial charge in [-0.25, -0.2) is 4.39 Å². The van der Waals surface area contributed by atoms with Gasteiger partial charge in [-0.05, 0) is 42.7 Å². The molecule has 0 heterocycles. The van der Waals surface area contributed by atoms with Crippen LogP contribution in [0.3, 0.4) is 0 Å². The van der Waals surface area contributed by atoms with Crippen molar-refractivity contribution in [3.05, 3.63) is 52.8 Å². The van der Waals surface area contributed by atoms with Crippen molar-refractivity contribution >= 4 is 47.2 Å². The van der Waals surface area contributed by atoms with Gasteiger partial charge in [0.25, 0.3) is 0 Å². The van der Waals surface area contributed by atoms with Gasteiger partial charge in [0.2, 0.25) is 0 Å². The average Bonchev–Trinajstić information content (AvgIpc) is 3.40. The molecule has 1 aliphatic carbocycles. The third-order valence-corrected chi connectivity index (χ3v) is 4.88. The first-order valence-electron chi connectivity index (χ1n) is 8.22. The van der Waals surface area contributed by atoms with Crippen LogP contribution >= 0.6 is 35.6 Å². The molecule has 8 heteroatoms. The van der Waals surface area contributed by atoms with Crippen LogP contribution in [0.5, 0.6) is 11.5 Å². The zero-order valence-electron chi connectivity index (χ0n) is 15.1. The van der Waals surface area contributed by atoms with E-state index in [-0.39, 0.29) is 35.2 Å². The number of aliphatic imine (C=N–C) groups is 1. The summed E-state index contributed by atoms with van der Waals surface area (Å²) in [4.78, 5) is 4.45. The van der Waals surface area contributed by atoms with Crippen LogP contribution < -0.4 is 20.5 Å². The van der Waals surface area contributed by atoms with Gasteiger partial charge < -0.3 is 20.5 Å². The SMILES string of the molecule is COc1ccc(NC(N)=NCC2(c3ccc(F)cc3Cl)CC2)cc1OC.I. The number of methoxy groups -OCH3 is 2. The Kier molecular flexibility index (Phi) is 7.16. The maximum atomic E-state index is 13.3. The highest BCUT2D eigenvalue weighted by molar-refractivity contribution is 14.0. The van der Waals surface area contributed by atoms with Crippen LogP contribution in [0.2, 0.25) is 5.02 Å². The Bertz CT molecular complexity index is 844. The van der Waals surface area contributed by atoms with Crippen molar-refractivity contribution in [3.63, 3.8) is 0 Å².